The van der Waals surface area contributed by atoms with Gasteiger partial charge in [-0.3, -0.25) is 4.79 Å². The number of alkyl halides is 3. The summed E-state index contributed by atoms with van der Waals surface area (Å²) in [5, 5.41) is 2.39. The van der Waals surface area contributed by atoms with Gasteiger partial charge in [0.1, 0.15) is 6.61 Å². The number of benzene rings is 2. The number of halogens is 3. The third-order valence-corrected chi connectivity index (χ3v) is 3.91. The number of carbonyl (C=O) groups excluding carboxylic acids is 2. The van der Waals surface area contributed by atoms with E-state index in [1.165, 1.54) is 6.92 Å². The number of hydrogen-bond donors (Lipinski definition) is 1. The van der Waals surface area contributed by atoms with Crippen molar-refractivity contribution in [3.8, 4) is 11.5 Å². The maximum Gasteiger partial charge on any atom is 0.416 e. The zero-order valence-corrected chi connectivity index (χ0v) is 14.7. The van der Waals surface area contributed by atoms with Crippen molar-refractivity contribution in [3.05, 3.63) is 54.1 Å². The Labute approximate surface area is 158 Å². The lowest BCUT2D eigenvalue weighted by atomic mass is 10.2. The zero-order chi connectivity index (χ0) is 20.3. The highest BCUT2D eigenvalue weighted by molar-refractivity contribution is 5.95. The maximum atomic E-state index is 12.6. The van der Waals surface area contributed by atoms with Crippen LogP contribution in [0.2, 0.25) is 0 Å². The summed E-state index contributed by atoms with van der Waals surface area (Å²) in [5.41, 5.74) is -0.688. The van der Waals surface area contributed by atoms with Crippen LogP contribution in [0.15, 0.2) is 48.5 Å². The van der Waals surface area contributed by atoms with E-state index >= 15 is 0 Å². The van der Waals surface area contributed by atoms with Gasteiger partial charge in [0, 0.05) is 5.69 Å². The lowest BCUT2D eigenvalue weighted by molar-refractivity contribution is -0.162. The number of carbonyl (C=O) groups is 2. The van der Waals surface area contributed by atoms with Gasteiger partial charge in [-0.2, -0.15) is 13.2 Å². The van der Waals surface area contributed by atoms with Crippen molar-refractivity contribution >= 4 is 17.6 Å². The van der Waals surface area contributed by atoms with E-state index in [4.69, 9.17) is 14.2 Å². The third-order valence-electron chi connectivity index (χ3n) is 3.91. The van der Waals surface area contributed by atoms with Crippen LogP contribution < -0.4 is 14.8 Å². The average Bonchev–Trinajstić information content (AvgIpc) is 2.67. The predicted molar refractivity (Wildman–Crippen MR) is 92.0 cm³/mol. The van der Waals surface area contributed by atoms with Crippen LogP contribution in [0.3, 0.4) is 0 Å². The molecule has 6 nitrogen and oxygen atoms in total. The highest BCUT2D eigenvalue weighted by Crippen LogP contribution is 2.31. The van der Waals surface area contributed by atoms with Crippen molar-refractivity contribution in [1.82, 2.24) is 0 Å². The van der Waals surface area contributed by atoms with Crippen molar-refractivity contribution in [2.45, 2.75) is 25.3 Å². The molecule has 0 fully saturated rings. The molecule has 1 aliphatic rings. The largest absolute Gasteiger partial charge is 0.485 e. The van der Waals surface area contributed by atoms with Crippen LogP contribution in [0.1, 0.15) is 12.5 Å². The molecule has 2 atom stereocenters. The summed E-state index contributed by atoms with van der Waals surface area (Å²) in [4.78, 5) is 24.3. The predicted octanol–water partition coefficient (Wildman–Crippen LogP) is 3.42. The number of amides is 1. The molecule has 0 saturated carbocycles. The summed E-state index contributed by atoms with van der Waals surface area (Å²) < 4.78 is 53.7. The Morgan fingerprint density at radius 2 is 1.75 bits per heavy atom. The van der Waals surface area contributed by atoms with Crippen molar-refractivity contribution in [2.75, 3.05) is 11.9 Å². The quantitative estimate of drug-likeness (QED) is 0.804. The van der Waals surface area contributed by atoms with E-state index in [-0.39, 0.29) is 12.3 Å². The first-order chi connectivity index (χ1) is 13.2. The molecular weight excluding hydrogens is 379 g/mol. The fourth-order valence-corrected chi connectivity index (χ4v) is 2.43. The van der Waals surface area contributed by atoms with Gasteiger partial charge in [-0.05, 0) is 43.3 Å². The third kappa shape index (κ3) is 4.54. The first kappa shape index (κ1) is 19.5. The van der Waals surface area contributed by atoms with Gasteiger partial charge in [-0.15, -0.1) is 0 Å². The smallest absolute Gasteiger partial charge is 0.416 e. The van der Waals surface area contributed by atoms with E-state index in [1.54, 1.807) is 24.3 Å². The highest BCUT2D eigenvalue weighted by Gasteiger charge is 2.32. The monoisotopic (exact) mass is 395 g/mol. The minimum absolute atomic E-state index is 0.0664. The molecule has 0 aromatic heterocycles. The van der Waals surface area contributed by atoms with Crippen molar-refractivity contribution in [3.63, 3.8) is 0 Å². The van der Waals surface area contributed by atoms with Crippen LogP contribution in [0, 0.1) is 0 Å². The Morgan fingerprint density at radius 1 is 1.11 bits per heavy atom. The number of fused-ring (bicyclic) bond motifs is 1. The highest BCUT2D eigenvalue weighted by atomic mass is 19.4. The summed E-state index contributed by atoms with van der Waals surface area (Å²) in [5.74, 6) is -0.591. The van der Waals surface area contributed by atoms with Crippen molar-refractivity contribution < 1.29 is 37.0 Å². The van der Waals surface area contributed by atoms with Gasteiger partial charge >= 0.3 is 12.1 Å². The number of rotatable bonds is 4. The summed E-state index contributed by atoms with van der Waals surface area (Å²) in [6.07, 6.45) is -6.68. The van der Waals surface area contributed by atoms with Crippen LogP contribution >= 0.6 is 0 Å². The number of hydrogen-bond acceptors (Lipinski definition) is 5. The molecule has 0 aliphatic carbocycles. The second-order valence-electron chi connectivity index (χ2n) is 6.01. The molecule has 9 heteroatoms. The van der Waals surface area contributed by atoms with Gasteiger partial charge in [-0.1, -0.05) is 12.1 Å². The Balaban J connectivity index is 1.55. The molecule has 2 unspecified atom stereocenters. The van der Waals surface area contributed by atoms with Crippen LogP contribution in [-0.4, -0.2) is 30.7 Å². The first-order valence-electron chi connectivity index (χ1n) is 8.31. The average molecular weight is 395 g/mol. The minimum Gasteiger partial charge on any atom is -0.485 e. The van der Waals surface area contributed by atoms with Crippen LogP contribution in [0.5, 0.6) is 11.5 Å². The van der Waals surface area contributed by atoms with Gasteiger partial charge in [0.25, 0.3) is 5.91 Å². The topological polar surface area (TPSA) is 73.9 Å². The molecule has 0 radical (unpaired) electrons. The molecule has 28 heavy (non-hydrogen) atoms. The van der Waals surface area contributed by atoms with E-state index in [2.05, 4.69) is 5.32 Å². The number of ether oxygens (including phenoxy) is 3. The molecule has 1 N–H and O–H groups in total. The second-order valence-corrected chi connectivity index (χ2v) is 6.01. The van der Waals surface area contributed by atoms with E-state index in [1.807, 2.05) is 0 Å². The summed E-state index contributed by atoms with van der Waals surface area (Å²) in [7, 11) is 0. The molecule has 148 valence electrons. The van der Waals surface area contributed by atoms with E-state index < -0.39 is 35.8 Å². The van der Waals surface area contributed by atoms with E-state index in [0.717, 1.165) is 24.3 Å². The molecule has 0 spiro atoms. The van der Waals surface area contributed by atoms with Crippen LogP contribution in [0.25, 0.3) is 0 Å². The molecule has 3 rings (SSSR count). The van der Waals surface area contributed by atoms with Gasteiger partial charge < -0.3 is 19.5 Å². The second kappa shape index (κ2) is 7.79. The van der Waals surface area contributed by atoms with Gasteiger partial charge in [0.2, 0.25) is 6.10 Å². The van der Waals surface area contributed by atoms with Crippen LogP contribution in [0.4, 0.5) is 18.9 Å². The summed E-state index contributed by atoms with van der Waals surface area (Å²) in [6, 6.07) is 10.7. The molecule has 2 aromatic rings. The lowest BCUT2D eigenvalue weighted by Gasteiger charge is -2.25. The minimum atomic E-state index is -4.47. The van der Waals surface area contributed by atoms with Crippen LogP contribution in [-0.2, 0) is 20.5 Å². The zero-order valence-electron chi connectivity index (χ0n) is 14.7. The standard InChI is InChI=1S/C19H16F3NO5/c1-11(17(24)23-13-8-6-12(7-9-13)19(20,21)22)27-18(25)16-10-26-14-4-2-3-5-15(14)28-16/h2-9,11,16H,10H2,1H3,(H,23,24). The van der Waals surface area contributed by atoms with E-state index in [9.17, 15) is 22.8 Å². The fraction of sp³-hybridized carbons (Fsp3) is 0.263. The summed E-state index contributed by atoms with van der Waals surface area (Å²) >= 11 is 0. The molecule has 0 bridgehead atoms. The molecule has 1 amide bonds. The van der Waals surface area contributed by atoms with Gasteiger partial charge in [0.15, 0.2) is 17.6 Å². The lowest BCUT2D eigenvalue weighted by Crippen LogP contribution is -2.41. The first-order valence-corrected chi connectivity index (χ1v) is 8.31. The molecular formula is C19H16F3NO5. The Morgan fingerprint density at radius 3 is 2.39 bits per heavy atom. The van der Waals surface area contributed by atoms with E-state index in [0.29, 0.717) is 11.5 Å². The Bertz CT molecular complexity index is 867. The van der Waals surface area contributed by atoms with Gasteiger partial charge in [-0.25, -0.2) is 4.79 Å². The molecule has 1 aliphatic heterocycles. The van der Waals surface area contributed by atoms with Gasteiger partial charge in [0.05, 0.1) is 5.56 Å². The van der Waals surface area contributed by atoms with Crippen molar-refractivity contribution in [2.24, 2.45) is 0 Å². The maximum absolute atomic E-state index is 12.6. The summed E-state index contributed by atoms with van der Waals surface area (Å²) in [6.45, 7) is 1.28. The number of para-hydroxylation sites is 2. The SMILES string of the molecule is CC(OC(=O)C1COc2ccccc2O1)C(=O)Nc1ccc(C(F)(F)F)cc1. The number of nitrogens with one attached hydrogen (secondary N) is 1. The molecule has 2 aromatic carbocycles. The normalized spacial score (nSPS) is 16.8. The molecule has 1 heterocycles. The number of esters is 1. The Kier molecular flexibility index (Phi) is 5.43. The fourth-order valence-electron chi connectivity index (χ4n) is 2.43. The van der Waals surface area contributed by atoms with Crippen molar-refractivity contribution in [1.29, 1.82) is 0 Å². The Hall–Kier alpha value is -3.23. The molecule has 0 saturated heterocycles. The number of anilines is 1.